The monoisotopic (exact) mass is 803 g/mol. The molecule has 0 unspecified atom stereocenters. The van der Waals surface area contributed by atoms with Crippen LogP contribution in [0.25, 0.3) is 0 Å². The van der Waals surface area contributed by atoms with Crippen LogP contribution in [-0.4, -0.2) is 41.8 Å². The van der Waals surface area contributed by atoms with Crippen molar-refractivity contribution in [1.82, 2.24) is 29.9 Å². The third kappa shape index (κ3) is 11.3. The molecule has 0 amide bonds. The number of carbonyl (C=O) groups excluding carboxylic acids is 2. The lowest BCUT2D eigenvalue weighted by Gasteiger charge is -2.12. The van der Waals surface area contributed by atoms with Gasteiger partial charge in [-0.1, -0.05) is 61.7 Å². The number of aromatic nitrogens is 6. The molecule has 0 radical (unpaired) electrons. The first kappa shape index (κ1) is 38.9. The van der Waals surface area contributed by atoms with Crippen molar-refractivity contribution in [2.45, 2.75) is 26.5 Å². The Balaban J connectivity index is 1.08. The summed E-state index contributed by atoms with van der Waals surface area (Å²) in [5, 5.41) is 10.8. The standard InChI is InChI=1S/C43H33N9O4S2/c1-3-37(53)55-32-23-19-30(20-24-32)44-39-47-36(48-42(50-39)57-34-11-7-5-8-12-34)27-28-15-17-29(18-16-28)45-40-49-41(52-43(51-40)58-35-13-9-6-10-14-35)46-31-21-25-33(26-22-31)56-38(54)4-2/h3-26H,1-2,27H2,(H,44,47,48,50)(H2,45,46,49,51,52). The number of nitrogens with one attached hydrogen (secondary N) is 3. The molecule has 0 saturated heterocycles. The molecule has 3 N–H and O–H groups in total. The molecule has 0 aliphatic rings. The van der Waals surface area contributed by atoms with Gasteiger partial charge in [-0.25, -0.2) is 14.6 Å². The fraction of sp³-hybridized carbons (Fsp3) is 0.0233. The molecule has 2 heterocycles. The topological polar surface area (TPSA) is 166 Å². The van der Waals surface area contributed by atoms with Gasteiger partial charge in [0.25, 0.3) is 0 Å². The van der Waals surface area contributed by atoms with E-state index in [2.05, 4.69) is 49.0 Å². The Bertz CT molecular complexity index is 2350. The highest BCUT2D eigenvalue weighted by atomic mass is 32.2. The molecule has 0 aliphatic carbocycles. The van der Waals surface area contributed by atoms with E-state index < -0.39 is 11.9 Å². The molecule has 0 aliphatic heterocycles. The molecule has 58 heavy (non-hydrogen) atoms. The molecule has 13 nitrogen and oxygen atoms in total. The van der Waals surface area contributed by atoms with Crippen molar-refractivity contribution in [3.05, 3.63) is 170 Å². The van der Waals surface area contributed by atoms with E-state index in [0.717, 1.165) is 33.2 Å². The normalized spacial score (nSPS) is 10.6. The molecule has 286 valence electrons. The third-order valence-corrected chi connectivity index (χ3v) is 9.49. The van der Waals surface area contributed by atoms with Crippen LogP contribution in [0.15, 0.2) is 179 Å². The fourth-order valence-electron chi connectivity index (χ4n) is 5.08. The maximum Gasteiger partial charge on any atom is 0.335 e. The number of benzene rings is 5. The van der Waals surface area contributed by atoms with Crippen molar-refractivity contribution < 1.29 is 19.1 Å². The maximum absolute atomic E-state index is 11.6. The van der Waals surface area contributed by atoms with E-state index in [-0.39, 0.29) is 0 Å². The van der Waals surface area contributed by atoms with Crippen molar-refractivity contribution in [3.63, 3.8) is 0 Å². The first-order chi connectivity index (χ1) is 28.3. The number of carbonyl (C=O) groups is 2. The zero-order valence-electron chi connectivity index (χ0n) is 30.6. The Morgan fingerprint density at radius 2 is 0.897 bits per heavy atom. The highest BCUT2D eigenvalue weighted by Crippen LogP contribution is 2.29. The van der Waals surface area contributed by atoms with E-state index in [0.29, 0.717) is 63.3 Å². The van der Waals surface area contributed by atoms with Gasteiger partial charge in [-0.3, -0.25) is 0 Å². The lowest BCUT2D eigenvalue weighted by molar-refractivity contribution is -0.129. The van der Waals surface area contributed by atoms with E-state index in [1.807, 2.05) is 84.9 Å². The first-order valence-electron chi connectivity index (χ1n) is 17.6. The number of esters is 2. The summed E-state index contributed by atoms with van der Waals surface area (Å²) in [5.74, 6) is 1.28. The van der Waals surface area contributed by atoms with Crippen LogP contribution in [0.5, 0.6) is 11.5 Å². The SMILES string of the molecule is C=CC(=O)Oc1ccc(Nc2nc(Cc3ccc(Nc4nc(Nc5ccc(OC(=O)C=C)cc5)nc(Sc5ccccc5)n4)cc3)nc(Sc3ccccc3)n2)cc1. The average Bonchev–Trinajstić information content (AvgIpc) is 3.23. The van der Waals surface area contributed by atoms with Gasteiger partial charge in [0, 0.05) is 45.4 Å². The van der Waals surface area contributed by atoms with Crippen molar-refractivity contribution in [2.75, 3.05) is 16.0 Å². The molecule has 0 spiro atoms. The second kappa shape index (κ2) is 19.0. The minimum atomic E-state index is -0.542. The van der Waals surface area contributed by atoms with Gasteiger partial charge in [-0.2, -0.15) is 24.9 Å². The number of anilines is 6. The zero-order valence-corrected chi connectivity index (χ0v) is 32.2. The number of hydrogen-bond acceptors (Lipinski definition) is 15. The lowest BCUT2D eigenvalue weighted by Crippen LogP contribution is -2.06. The van der Waals surface area contributed by atoms with Gasteiger partial charge in [0.1, 0.15) is 17.3 Å². The molecular formula is C43H33N9O4S2. The molecule has 0 bridgehead atoms. The van der Waals surface area contributed by atoms with Crippen molar-refractivity contribution >= 4 is 70.4 Å². The van der Waals surface area contributed by atoms with Gasteiger partial charge in [-0.15, -0.1) is 0 Å². The van der Waals surface area contributed by atoms with Crippen LogP contribution in [0, 0.1) is 0 Å². The van der Waals surface area contributed by atoms with Crippen molar-refractivity contribution in [2.24, 2.45) is 0 Å². The van der Waals surface area contributed by atoms with Crippen LogP contribution in [-0.2, 0) is 16.0 Å². The van der Waals surface area contributed by atoms with Crippen LogP contribution >= 0.6 is 23.5 Å². The predicted molar refractivity (Wildman–Crippen MR) is 224 cm³/mol. The highest BCUT2D eigenvalue weighted by molar-refractivity contribution is 7.99. The second-order valence-electron chi connectivity index (χ2n) is 12.0. The highest BCUT2D eigenvalue weighted by Gasteiger charge is 2.13. The summed E-state index contributed by atoms with van der Waals surface area (Å²) in [6.45, 7) is 6.86. The Hall–Kier alpha value is -7.36. The molecule has 2 aromatic heterocycles. The Labute approximate surface area is 342 Å². The molecule has 7 rings (SSSR count). The Kier molecular flexibility index (Phi) is 12.7. The molecule has 0 fully saturated rings. The molecule has 0 atom stereocenters. The van der Waals surface area contributed by atoms with Crippen LogP contribution < -0.4 is 25.4 Å². The van der Waals surface area contributed by atoms with Crippen LogP contribution in [0.3, 0.4) is 0 Å². The predicted octanol–water partition coefficient (Wildman–Crippen LogP) is 9.36. The first-order valence-corrected chi connectivity index (χ1v) is 19.2. The summed E-state index contributed by atoms with van der Waals surface area (Å²) in [6, 6.07) is 41.2. The molecule has 15 heteroatoms. The van der Waals surface area contributed by atoms with Crippen LogP contribution in [0.4, 0.5) is 34.9 Å². The van der Waals surface area contributed by atoms with Crippen LogP contribution in [0.2, 0.25) is 0 Å². The molecular weight excluding hydrogens is 771 g/mol. The second-order valence-corrected chi connectivity index (χ2v) is 14.1. The minimum absolute atomic E-state index is 0.318. The lowest BCUT2D eigenvalue weighted by atomic mass is 10.1. The van der Waals surface area contributed by atoms with Crippen molar-refractivity contribution in [1.29, 1.82) is 0 Å². The summed E-state index contributed by atoms with van der Waals surface area (Å²) in [4.78, 5) is 53.3. The van der Waals surface area contributed by atoms with Gasteiger partial charge in [0.05, 0.1) is 0 Å². The van der Waals surface area contributed by atoms with E-state index >= 15 is 0 Å². The summed E-state index contributed by atoms with van der Waals surface area (Å²) < 4.78 is 10.4. The largest absolute Gasteiger partial charge is 0.423 e. The molecule has 0 saturated carbocycles. The zero-order chi connectivity index (χ0) is 40.1. The minimum Gasteiger partial charge on any atom is -0.423 e. The summed E-state index contributed by atoms with van der Waals surface area (Å²) in [7, 11) is 0. The van der Waals surface area contributed by atoms with E-state index in [1.54, 1.807) is 48.5 Å². The van der Waals surface area contributed by atoms with Gasteiger partial charge >= 0.3 is 11.9 Å². The Morgan fingerprint density at radius 3 is 1.33 bits per heavy atom. The quantitative estimate of drug-likeness (QED) is 0.0480. The average molecular weight is 804 g/mol. The van der Waals surface area contributed by atoms with Crippen LogP contribution in [0.1, 0.15) is 11.4 Å². The van der Waals surface area contributed by atoms with Gasteiger partial charge < -0.3 is 25.4 Å². The smallest absolute Gasteiger partial charge is 0.335 e. The van der Waals surface area contributed by atoms with Gasteiger partial charge in [0.2, 0.25) is 17.8 Å². The summed E-state index contributed by atoms with van der Waals surface area (Å²) in [6.07, 6.45) is 2.64. The summed E-state index contributed by atoms with van der Waals surface area (Å²) >= 11 is 2.84. The third-order valence-electron chi connectivity index (χ3n) is 7.74. The Morgan fingerprint density at radius 1 is 0.500 bits per heavy atom. The van der Waals surface area contributed by atoms with Gasteiger partial charge in [0.15, 0.2) is 10.3 Å². The molecule has 7 aromatic rings. The van der Waals surface area contributed by atoms with Crippen molar-refractivity contribution in [3.8, 4) is 11.5 Å². The van der Waals surface area contributed by atoms with E-state index in [4.69, 9.17) is 19.4 Å². The maximum atomic E-state index is 11.6. The summed E-state index contributed by atoms with van der Waals surface area (Å²) in [5.41, 5.74) is 3.10. The van der Waals surface area contributed by atoms with Gasteiger partial charge in [-0.05, 0) is 114 Å². The molecule has 5 aromatic carbocycles. The fourth-order valence-corrected chi connectivity index (χ4v) is 6.64. The number of hydrogen-bond donors (Lipinski definition) is 3. The van der Waals surface area contributed by atoms with E-state index in [1.165, 1.54) is 23.5 Å². The number of rotatable bonds is 16. The number of ether oxygens (including phenoxy) is 2. The number of nitrogens with zero attached hydrogens (tertiary/aromatic N) is 6. The van der Waals surface area contributed by atoms with E-state index in [9.17, 15) is 9.59 Å².